The highest BCUT2D eigenvalue weighted by atomic mass is 32.2. The van der Waals surface area contributed by atoms with Gasteiger partial charge in [-0.2, -0.15) is 0 Å². The quantitative estimate of drug-likeness (QED) is 0.490. The van der Waals surface area contributed by atoms with Gasteiger partial charge in [-0.3, -0.25) is 9.69 Å². The fraction of sp³-hybridized carbons (Fsp3) is 0.409. The van der Waals surface area contributed by atoms with E-state index in [2.05, 4.69) is 27.5 Å². The lowest BCUT2D eigenvalue weighted by atomic mass is 10.1. The largest absolute Gasteiger partial charge is 0.489 e. The number of hydrogen-bond donors (Lipinski definition) is 0. The molecule has 154 valence electrons. The lowest BCUT2D eigenvalue weighted by molar-refractivity contribution is -0.133. The van der Waals surface area contributed by atoms with Crippen molar-refractivity contribution in [1.29, 1.82) is 0 Å². The molecule has 0 spiro atoms. The lowest BCUT2D eigenvalue weighted by Gasteiger charge is -2.26. The van der Waals surface area contributed by atoms with Gasteiger partial charge in [-0.05, 0) is 25.5 Å². The Morgan fingerprint density at radius 1 is 1.38 bits per heavy atom. The first-order valence-corrected chi connectivity index (χ1v) is 10.6. The number of carbonyl (C=O) groups is 1. The number of hydrogen-bond acceptors (Lipinski definition) is 6. The van der Waals surface area contributed by atoms with Crippen LogP contribution >= 0.6 is 11.8 Å². The molecular formula is C22H28N4O2S. The summed E-state index contributed by atoms with van der Waals surface area (Å²) in [6, 6.07) is 9.71. The number of aromatic nitrogens is 2. The normalized spacial score (nSPS) is 19.1. The Kier molecular flexibility index (Phi) is 7.28. The van der Waals surface area contributed by atoms with Crippen LogP contribution in [0.3, 0.4) is 0 Å². The van der Waals surface area contributed by atoms with E-state index in [4.69, 9.17) is 4.74 Å². The predicted molar refractivity (Wildman–Crippen MR) is 116 cm³/mol. The summed E-state index contributed by atoms with van der Waals surface area (Å²) in [6.45, 7) is 7.59. The van der Waals surface area contributed by atoms with E-state index >= 15 is 0 Å². The van der Waals surface area contributed by atoms with Crippen LogP contribution < -0.4 is 4.74 Å². The molecule has 1 aliphatic heterocycles. The summed E-state index contributed by atoms with van der Waals surface area (Å²) in [5, 5.41) is 1.02. The van der Waals surface area contributed by atoms with Crippen LogP contribution in [-0.2, 0) is 11.3 Å². The first kappa shape index (κ1) is 21.3. The summed E-state index contributed by atoms with van der Waals surface area (Å²) in [4.78, 5) is 25.7. The second-order valence-electron chi connectivity index (χ2n) is 7.34. The Hall–Kier alpha value is -2.38. The molecule has 6 nitrogen and oxygen atoms in total. The maximum Gasteiger partial charge on any atom is 0.239 e. The number of para-hydroxylation sites is 1. The number of ether oxygens (including phenoxy) is 1. The molecular weight excluding hydrogens is 384 g/mol. The second-order valence-corrected chi connectivity index (χ2v) is 8.61. The standard InChI is InChI=1S/C22H28N4O2S/c1-5-12-28-20-9-7-6-8-17(20)14-26-15-18(13-19(26)21(27)25(3)4)29-22-23-11-10-16(2)24-22/h5-11,18-19H,1,12-15H2,2-4H3/t18-,19+/m1/s1. The number of amides is 1. The van der Waals surface area contributed by atoms with E-state index < -0.39 is 0 Å². The van der Waals surface area contributed by atoms with Gasteiger partial charge < -0.3 is 9.64 Å². The molecule has 29 heavy (non-hydrogen) atoms. The number of rotatable bonds is 8. The number of thioether (sulfide) groups is 1. The fourth-order valence-electron chi connectivity index (χ4n) is 3.45. The third kappa shape index (κ3) is 5.58. The van der Waals surface area contributed by atoms with E-state index in [0.29, 0.717) is 13.2 Å². The van der Waals surface area contributed by atoms with Gasteiger partial charge in [-0.25, -0.2) is 9.97 Å². The maximum atomic E-state index is 12.9. The smallest absolute Gasteiger partial charge is 0.239 e. The van der Waals surface area contributed by atoms with E-state index in [-0.39, 0.29) is 17.2 Å². The highest BCUT2D eigenvalue weighted by Gasteiger charge is 2.38. The summed E-state index contributed by atoms with van der Waals surface area (Å²) in [7, 11) is 3.62. The molecule has 0 bridgehead atoms. The highest BCUT2D eigenvalue weighted by Crippen LogP contribution is 2.34. The Balaban J connectivity index is 1.77. The molecule has 1 saturated heterocycles. The van der Waals surface area contributed by atoms with Crippen molar-refractivity contribution in [3.63, 3.8) is 0 Å². The minimum Gasteiger partial charge on any atom is -0.489 e. The molecule has 2 aromatic rings. The topological polar surface area (TPSA) is 58.6 Å². The highest BCUT2D eigenvalue weighted by molar-refractivity contribution is 7.99. The number of benzene rings is 1. The molecule has 0 radical (unpaired) electrons. The summed E-state index contributed by atoms with van der Waals surface area (Å²) in [6.07, 6.45) is 4.29. The van der Waals surface area contributed by atoms with E-state index in [9.17, 15) is 4.79 Å². The molecule has 1 fully saturated rings. The molecule has 2 atom stereocenters. The van der Waals surface area contributed by atoms with Crippen LogP contribution in [-0.4, -0.2) is 64.2 Å². The van der Waals surface area contributed by atoms with Crippen LogP contribution in [0, 0.1) is 6.92 Å². The second kappa shape index (κ2) is 9.89. The predicted octanol–water partition coefficient (Wildman–Crippen LogP) is 3.17. The summed E-state index contributed by atoms with van der Waals surface area (Å²) >= 11 is 1.65. The summed E-state index contributed by atoms with van der Waals surface area (Å²) in [5.41, 5.74) is 2.02. The van der Waals surface area contributed by atoms with E-state index in [1.54, 1.807) is 28.9 Å². The monoisotopic (exact) mass is 412 g/mol. The molecule has 2 heterocycles. The van der Waals surface area contributed by atoms with Gasteiger partial charge in [-0.1, -0.05) is 42.6 Å². The van der Waals surface area contributed by atoms with Gasteiger partial charge >= 0.3 is 0 Å². The first-order chi connectivity index (χ1) is 14.0. The number of likely N-dealkylation sites (N-methyl/N-ethyl adjacent to an activating group) is 1. The van der Waals surface area contributed by atoms with Gasteiger partial charge in [0.05, 0.1) is 6.04 Å². The molecule has 1 aliphatic rings. The van der Waals surface area contributed by atoms with Crippen LogP contribution in [0.25, 0.3) is 0 Å². The van der Waals surface area contributed by atoms with Crippen molar-refractivity contribution in [3.05, 3.63) is 60.4 Å². The number of nitrogens with zero attached hydrogens (tertiary/aromatic N) is 4. The van der Waals surface area contributed by atoms with Crippen molar-refractivity contribution < 1.29 is 9.53 Å². The van der Waals surface area contributed by atoms with Gasteiger partial charge in [-0.15, -0.1) is 0 Å². The number of aryl methyl sites for hydroxylation is 1. The van der Waals surface area contributed by atoms with E-state index in [1.807, 2.05) is 45.3 Å². The number of carbonyl (C=O) groups excluding carboxylic acids is 1. The molecule has 7 heteroatoms. The summed E-state index contributed by atoms with van der Waals surface area (Å²) in [5.74, 6) is 0.962. The van der Waals surface area contributed by atoms with Gasteiger partial charge in [0, 0.05) is 49.9 Å². The Morgan fingerprint density at radius 3 is 2.90 bits per heavy atom. The van der Waals surface area contributed by atoms with Gasteiger partial charge in [0.25, 0.3) is 0 Å². The first-order valence-electron chi connectivity index (χ1n) is 9.71. The Labute approximate surface area is 177 Å². The van der Waals surface area contributed by atoms with Crippen molar-refractivity contribution >= 4 is 17.7 Å². The molecule has 0 N–H and O–H groups in total. The fourth-order valence-corrected chi connectivity index (χ4v) is 4.61. The molecule has 1 aromatic heterocycles. The van der Waals surface area contributed by atoms with E-state index in [0.717, 1.165) is 35.1 Å². The third-order valence-electron chi connectivity index (χ3n) is 4.84. The molecule has 0 unspecified atom stereocenters. The minimum atomic E-state index is -0.167. The zero-order chi connectivity index (χ0) is 20.8. The van der Waals surface area contributed by atoms with Gasteiger partial charge in [0.15, 0.2) is 5.16 Å². The van der Waals surface area contributed by atoms with Crippen LogP contribution in [0.2, 0.25) is 0 Å². The van der Waals surface area contributed by atoms with Crippen LogP contribution in [0.5, 0.6) is 5.75 Å². The average molecular weight is 413 g/mol. The SMILES string of the molecule is C=CCOc1ccccc1CN1C[C@H](Sc2nccc(C)n2)C[C@H]1C(=O)N(C)C. The van der Waals surface area contributed by atoms with Crippen molar-refractivity contribution in [3.8, 4) is 5.75 Å². The van der Waals surface area contributed by atoms with Crippen molar-refractivity contribution in [2.45, 2.75) is 36.3 Å². The van der Waals surface area contributed by atoms with Crippen LogP contribution in [0.1, 0.15) is 17.7 Å². The zero-order valence-corrected chi connectivity index (χ0v) is 18.1. The van der Waals surface area contributed by atoms with Crippen molar-refractivity contribution in [1.82, 2.24) is 19.8 Å². The molecule has 1 amide bonds. The van der Waals surface area contributed by atoms with Crippen molar-refractivity contribution in [2.24, 2.45) is 0 Å². The lowest BCUT2D eigenvalue weighted by Crippen LogP contribution is -2.42. The van der Waals surface area contributed by atoms with Crippen molar-refractivity contribution in [2.75, 3.05) is 27.2 Å². The average Bonchev–Trinajstić information content (AvgIpc) is 3.08. The van der Waals surface area contributed by atoms with E-state index in [1.165, 1.54) is 0 Å². The molecule has 3 rings (SSSR count). The summed E-state index contributed by atoms with van der Waals surface area (Å²) < 4.78 is 5.81. The van der Waals surface area contributed by atoms with Crippen LogP contribution in [0.15, 0.2) is 54.3 Å². The Morgan fingerprint density at radius 2 is 2.17 bits per heavy atom. The van der Waals surface area contributed by atoms with Crippen LogP contribution in [0.4, 0.5) is 0 Å². The van der Waals surface area contributed by atoms with Gasteiger partial charge in [0.2, 0.25) is 5.91 Å². The van der Waals surface area contributed by atoms with Gasteiger partial charge in [0.1, 0.15) is 12.4 Å². The molecule has 1 aromatic carbocycles. The Bertz CT molecular complexity index is 858. The minimum absolute atomic E-state index is 0.128. The zero-order valence-electron chi connectivity index (χ0n) is 17.2. The molecule has 0 aliphatic carbocycles. The molecule has 0 saturated carbocycles. The third-order valence-corrected chi connectivity index (χ3v) is 5.92. The maximum absolute atomic E-state index is 12.9. The number of likely N-dealkylation sites (tertiary alicyclic amines) is 1.